The lowest BCUT2D eigenvalue weighted by molar-refractivity contribution is -0.143. The highest BCUT2D eigenvalue weighted by atomic mass is 16.5. The van der Waals surface area contributed by atoms with Crippen LogP contribution in [-0.2, 0) is 9.53 Å². The smallest absolute Gasteiger partial charge is 0.330 e. The Hall–Kier alpha value is -2.09. The van der Waals surface area contributed by atoms with Gasteiger partial charge in [-0.2, -0.15) is 0 Å². The third-order valence-electron chi connectivity index (χ3n) is 3.42. The van der Waals surface area contributed by atoms with Gasteiger partial charge in [0.25, 0.3) is 0 Å². The van der Waals surface area contributed by atoms with Gasteiger partial charge in [-0.25, -0.2) is 4.79 Å². The van der Waals surface area contributed by atoms with Gasteiger partial charge in [-0.15, -0.1) is 0 Å². The molecule has 0 heterocycles. The fraction of sp³-hybridized carbons (Fsp3) is 0.278. The van der Waals surface area contributed by atoms with Crippen molar-refractivity contribution in [2.75, 3.05) is 0 Å². The Morgan fingerprint density at radius 1 is 1.25 bits per heavy atom. The maximum absolute atomic E-state index is 11.6. The zero-order chi connectivity index (χ0) is 14.4. The Balaban J connectivity index is 2.39. The largest absolute Gasteiger partial charge is 0.454 e. The molecule has 2 heteroatoms. The first-order valence-corrected chi connectivity index (χ1v) is 7.07. The second kappa shape index (κ2) is 6.90. The summed E-state index contributed by atoms with van der Waals surface area (Å²) in [5.41, 5.74) is 1.08. The van der Waals surface area contributed by atoms with Gasteiger partial charge in [-0.1, -0.05) is 62.4 Å². The van der Waals surface area contributed by atoms with E-state index in [0.717, 1.165) is 30.2 Å². The first-order chi connectivity index (χ1) is 9.76. The molecule has 0 aliphatic carbocycles. The van der Waals surface area contributed by atoms with Crippen molar-refractivity contribution in [2.24, 2.45) is 0 Å². The molecule has 0 aliphatic rings. The quantitative estimate of drug-likeness (QED) is 0.555. The number of esters is 1. The molecule has 0 bridgehead atoms. The predicted octanol–water partition coefficient (Wildman–Crippen LogP) is 4.80. The molecule has 0 spiro atoms. The zero-order valence-corrected chi connectivity index (χ0v) is 11.8. The normalized spacial score (nSPS) is 12.1. The van der Waals surface area contributed by atoms with Gasteiger partial charge in [-0.05, 0) is 23.6 Å². The number of fused-ring (bicyclic) bond motifs is 1. The maximum atomic E-state index is 11.6. The number of hydrogen-bond acceptors (Lipinski definition) is 2. The van der Waals surface area contributed by atoms with Crippen LogP contribution in [0.1, 0.15) is 37.9 Å². The molecule has 0 aromatic heterocycles. The van der Waals surface area contributed by atoms with Crippen LogP contribution in [0.25, 0.3) is 10.8 Å². The molecular weight excluding hydrogens is 248 g/mol. The molecule has 2 nitrogen and oxygen atoms in total. The highest BCUT2D eigenvalue weighted by molar-refractivity contribution is 5.87. The van der Waals surface area contributed by atoms with Crippen molar-refractivity contribution < 1.29 is 9.53 Å². The topological polar surface area (TPSA) is 26.3 Å². The molecule has 2 aromatic rings. The van der Waals surface area contributed by atoms with E-state index < -0.39 is 0 Å². The summed E-state index contributed by atoms with van der Waals surface area (Å²) in [4.78, 5) is 11.6. The van der Waals surface area contributed by atoms with Crippen LogP contribution in [0.15, 0.2) is 55.1 Å². The molecule has 0 fully saturated rings. The van der Waals surface area contributed by atoms with Gasteiger partial charge >= 0.3 is 5.97 Å². The monoisotopic (exact) mass is 268 g/mol. The first-order valence-electron chi connectivity index (χ1n) is 7.07. The van der Waals surface area contributed by atoms with Gasteiger partial charge in [-0.3, -0.25) is 0 Å². The van der Waals surface area contributed by atoms with Gasteiger partial charge in [0, 0.05) is 11.6 Å². The van der Waals surface area contributed by atoms with Crippen LogP contribution < -0.4 is 0 Å². The standard InChI is InChI=1S/C18H20O2/c1-3-5-13-17(20-18(19)4-2)16-12-8-10-14-9-6-7-11-15(14)16/h4,6-12,17H,2-3,5,13H2,1H3. The van der Waals surface area contributed by atoms with Crippen LogP contribution in [0.2, 0.25) is 0 Å². The summed E-state index contributed by atoms with van der Waals surface area (Å²) in [5.74, 6) is -0.362. The fourth-order valence-electron chi connectivity index (χ4n) is 2.39. The van der Waals surface area contributed by atoms with Crippen LogP contribution in [0.4, 0.5) is 0 Å². The number of rotatable bonds is 6. The minimum Gasteiger partial charge on any atom is -0.454 e. The number of ether oxygens (including phenoxy) is 1. The molecule has 1 atom stereocenters. The Morgan fingerprint density at radius 3 is 2.75 bits per heavy atom. The van der Waals surface area contributed by atoms with Crippen LogP contribution in [-0.4, -0.2) is 5.97 Å². The van der Waals surface area contributed by atoms with E-state index in [1.165, 1.54) is 11.5 Å². The van der Waals surface area contributed by atoms with Gasteiger partial charge in [0.05, 0.1) is 0 Å². The second-order valence-electron chi connectivity index (χ2n) is 4.84. The Kier molecular flexibility index (Phi) is 4.94. The lowest BCUT2D eigenvalue weighted by Crippen LogP contribution is -2.09. The summed E-state index contributed by atoms with van der Waals surface area (Å²) in [7, 11) is 0. The number of benzene rings is 2. The van der Waals surface area contributed by atoms with Crippen molar-refractivity contribution in [3.8, 4) is 0 Å². The van der Waals surface area contributed by atoms with Gasteiger partial charge in [0.1, 0.15) is 6.10 Å². The van der Waals surface area contributed by atoms with Crippen molar-refractivity contribution in [1.29, 1.82) is 0 Å². The summed E-state index contributed by atoms with van der Waals surface area (Å²) in [6, 6.07) is 14.3. The molecule has 104 valence electrons. The number of hydrogen-bond donors (Lipinski definition) is 0. The van der Waals surface area contributed by atoms with E-state index >= 15 is 0 Å². The van der Waals surface area contributed by atoms with E-state index in [4.69, 9.17) is 4.74 Å². The van der Waals surface area contributed by atoms with Crippen LogP contribution in [0.3, 0.4) is 0 Å². The Bertz CT molecular complexity index is 596. The average molecular weight is 268 g/mol. The lowest BCUT2D eigenvalue weighted by atomic mass is 9.97. The second-order valence-corrected chi connectivity index (χ2v) is 4.84. The number of carbonyl (C=O) groups is 1. The maximum Gasteiger partial charge on any atom is 0.330 e. The van der Waals surface area contributed by atoms with E-state index in [9.17, 15) is 4.79 Å². The molecular formula is C18H20O2. The summed E-state index contributed by atoms with van der Waals surface area (Å²) in [6.45, 7) is 5.61. The molecule has 2 rings (SSSR count). The molecule has 0 saturated heterocycles. The Labute approximate surface area is 120 Å². The molecule has 0 N–H and O–H groups in total. The molecule has 2 aromatic carbocycles. The van der Waals surface area contributed by atoms with Crippen LogP contribution in [0.5, 0.6) is 0 Å². The summed E-state index contributed by atoms with van der Waals surface area (Å²) < 4.78 is 5.54. The Morgan fingerprint density at radius 2 is 2.00 bits per heavy atom. The predicted molar refractivity (Wildman–Crippen MR) is 82.5 cm³/mol. The summed E-state index contributed by atoms with van der Waals surface area (Å²) >= 11 is 0. The number of carbonyl (C=O) groups excluding carboxylic acids is 1. The molecule has 0 aliphatic heterocycles. The molecule has 0 saturated carbocycles. The van der Waals surface area contributed by atoms with Gasteiger partial charge in [0.15, 0.2) is 0 Å². The third-order valence-corrected chi connectivity index (χ3v) is 3.42. The molecule has 20 heavy (non-hydrogen) atoms. The SMILES string of the molecule is C=CC(=O)OC(CCCC)c1cccc2ccccc12. The molecule has 0 amide bonds. The zero-order valence-electron chi connectivity index (χ0n) is 11.8. The van der Waals surface area contributed by atoms with Crippen molar-refractivity contribution in [1.82, 2.24) is 0 Å². The minimum atomic E-state index is -0.362. The van der Waals surface area contributed by atoms with Crippen molar-refractivity contribution in [3.05, 3.63) is 60.7 Å². The molecule has 0 radical (unpaired) electrons. The average Bonchev–Trinajstić information content (AvgIpc) is 2.50. The molecule has 1 unspecified atom stereocenters. The van der Waals surface area contributed by atoms with Crippen molar-refractivity contribution in [3.63, 3.8) is 0 Å². The number of unbranched alkanes of at least 4 members (excludes halogenated alkanes) is 1. The van der Waals surface area contributed by atoms with E-state index in [1.54, 1.807) is 0 Å². The van der Waals surface area contributed by atoms with Crippen molar-refractivity contribution in [2.45, 2.75) is 32.3 Å². The summed E-state index contributed by atoms with van der Waals surface area (Å²) in [6.07, 6.45) is 3.96. The van der Waals surface area contributed by atoms with E-state index in [2.05, 4.69) is 31.7 Å². The van der Waals surface area contributed by atoms with E-state index in [0.29, 0.717) is 0 Å². The third kappa shape index (κ3) is 3.27. The first kappa shape index (κ1) is 14.3. The van der Waals surface area contributed by atoms with Gasteiger partial charge < -0.3 is 4.74 Å². The van der Waals surface area contributed by atoms with Crippen molar-refractivity contribution >= 4 is 16.7 Å². The van der Waals surface area contributed by atoms with E-state index in [1.807, 2.05) is 24.3 Å². The highest BCUT2D eigenvalue weighted by Crippen LogP contribution is 2.30. The fourth-order valence-corrected chi connectivity index (χ4v) is 2.39. The van der Waals surface area contributed by atoms with Gasteiger partial charge in [0.2, 0.25) is 0 Å². The van der Waals surface area contributed by atoms with E-state index in [-0.39, 0.29) is 12.1 Å². The van der Waals surface area contributed by atoms with Crippen LogP contribution in [0, 0.1) is 0 Å². The highest BCUT2D eigenvalue weighted by Gasteiger charge is 2.17. The summed E-state index contributed by atoms with van der Waals surface area (Å²) in [5, 5.41) is 2.31. The lowest BCUT2D eigenvalue weighted by Gasteiger charge is -2.19. The minimum absolute atomic E-state index is 0.202. The van der Waals surface area contributed by atoms with Crippen LogP contribution >= 0.6 is 0 Å².